The zero-order valence-electron chi connectivity index (χ0n) is 21.9. The lowest BCUT2D eigenvalue weighted by atomic mass is 9.58. The maximum atomic E-state index is 13.3. The lowest BCUT2D eigenvalue weighted by Crippen LogP contribution is -2.56. The van der Waals surface area contributed by atoms with E-state index in [0.29, 0.717) is 53.2 Å². The van der Waals surface area contributed by atoms with Gasteiger partial charge in [-0.1, -0.05) is 13.0 Å². The molecule has 12 heteroatoms. The Balaban J connectivity index is 1.30. The minimum atomic E-state index is -3.02. The van der Waals surface area contributed by atoms with E-state index < -0.39 is 12.2 Å². The number of aromatic nitrogens is 5. The Labute approximate surface area is 227 Å². The number of carbonyl (C=O) groups is 1. The Morgan fingerprint density at radius 1 is 1.20 bits per heavy atom. The Morgan fingerprint density at radius 3 is 2.65 bits per heavy atom. The van der Waals surface area contributed by atoms with E-state index in [1.54, 1.807) is 47.3 Å². The molecule has 206 valence electrons. The van der Waals surface area contributed by atoms with Gasteiger partial charge in [-0.05, 0) is 42.9 Å². The van der Waals surface area contributed by atoms with Crippen LogP contribution in [-0.2, 0) is 5.54 Å². The van der Waals surface area contributed by atoms with Crippen molar-refractivity contribution < 1.29 is 23.4 Å². The highest BCUT2D eigenvalue weighted by atomic mass is 19.3. The molecule has 1 fully saturated rings. The maximum absolute atomic E-state index is 13.3. The number of halogens is 2. The third-order valence-electron chi connectivity index (χ3n) is 8.62. The molecule has 3 aliphatic rings. The molecular formula is C28H27F2N7O3. The Kier molecular flexibility index (Phi) is 5.30. The quantitative estimate of drug-likeness (QED) is 0.389. The third kappa shape index (κ3) is 3.55. The van der Waals surface area contributed by atoms with Gasteiger partial charge < -0.3 is 20.5 Å². The van der Waals surface area contributed by atoms with Crippen molar-refractivity contribution in [3.05, 3.63) is 71.2 Å². The number of carbonyl (C=O) groups excluding carboxylic acids is 1. The largest absolute Gasteiger partial charge is 0.434 e. The molecule has 2 unspecified atom stereocenters. The SMILES string of the molecule is CN1C(=O)c2cccc(OC(F)F)c2C2CC1c1nn3cnc(-c4cnc(C5(N)CC(C)(CO)C5)nc4)cc3c12. The summed E-state index contributed by atoms with van der Waals surface area (Å²) in [6.07, 6.45) is 6.66. The summed E-state index contributed by atoms with van der Waals surface area (Å²) in [6.45, 7) is -0.969. The van der Waals surface area contributed by atoms with Crippen LogP contribution in [0.2, 0.25) is 0 Å². The smallest absolute Gasteiger partial charge is 0.387 e. The molecule has 2 aliphatic carbocycles. The van der Waals surface area contributed by atoms with Crippen LogP contribution in [-0.4, -0.2) is 60.7 Å². The number of hydrogen-bond acceptors (Lipinski definition) is 8. The normalized spacial score (nSPS) is 27.0. The highest BCUT2D eigenvalue weighted by molar-refractivity contribution is 5.98. The van der Waals surface area contributed by atoms with Gasteiger partial charge in [0, 0.05) is 54.2 Å². The Morgan fingerprint density at radius 2 is 1.95 bits per heavy atom. The first-order valence-electron chi connectivity index (χ1n) is 13.1. The number of nitrogens with two attached hydrogens (primary N) is 1. The van der Waals surface area contributed by atoms with Crippen molar-refractivity contribution in [1.29, 1.82) is 0 Å². The Bertz CT molecular complexity index is 1670. The molecule has 1 aliphatic heterocycles. The van der Waals surface area contributed by atoms with Gasteiger partial charge in [-0.25, -0.2) is 19.5 Å². The fraction of sp³-hybridized carbons (Fsp3) is 0.393. The highest BCUT2D eigenvalue weighted by Crippen LogP contribution is 2.54. The van der Waals surface area contributed by atoms with E-state index in [2.05, 4.69) is 15.0 Å². The van der Waals surface area contributed by atoms with Crippen molar-refractivity contribution in [2.75, 3.05) is 13.7 Å². The molecule has 0 saturated heterocycles. The molecule has 1 saturated carbocycles. The molecule has 1 amide bonds. The molecule has 0 radical (unpaired) electrons. The summed E-state index contributed by atoms with van der Waals surface area (Å²) >= 11 is 0. The van der Waals surface area contributed by atoms with E-state index in [9.17, 15) is 18.7 Å². The van der Waals surface area contributed by atoms with Crippen molar-refractivity contribution >= 4 is 11.4 Å². The molecular weight excluding hydrogens is 520 g/mol. The second-order valence-electron chi connectivity index (χ2n) is 11.5. The van der Waals surface area contributed by atoms with Gasteiger partial charge in [-0.15, -0.1) is 0 Å². The Hall–Kier alpha value is -4.03. The van der Waals surface area contributed by atoms with Gasteiger partial charge in [-0.2, -0.15) is 13.9 Å². The standard InChI is InChI=1S/C28H27F2N7O3/c1-27(12-38)10-28(31,11-27)25-32-8-14(9-33-25)17-7-18-22-16-6-19(23(22)35-37(18)13-34-17)36(2)24(39)15-4-3-5-20(21(15)16)40-26(29)30/h3-5,7-9,13,16,19,26,38H,6,10-12,31H2,1-2H3. The number of rotatable bonds is 5. The first-order chi connectivity index (χ1) is 19.1. The van der Waals surface area contributed by atoms with Crippen LogP contribution < -0.4 is 10.5 Å². The van der Waals surface area contributed by atoms with Crippen LogP contribution in [0.5, 0.6) is 5.75 Å². The number of nitrogens with zero attached hydrogens (tertiary/aromatic N) is 6. The van der Waals surface area contributed by atoms with Gasteiger partial charge in [0.15, 0.2) is 0 Å². The van der Waals surface area contributed by atoms with E-state index in [1.165, 1.54) is 6.07 Å². The van der Waals surface area contributed by atoms with Crippen LogP contribution in [0, 0.1) is 5.41 Å². The average Bonchev–Trinajstić information content (AvgIpc) is 3.45. The van der Waals surface area contributed by atoms with Crippen molar-refractivity contribution in [1.82, 2.24) is 29.5 Å². The van der Waals surface area contributed by atoms with Gasteiger partial charge in [0.2, 0.25) is 0 Å². The van der Waals surface area contributed by atoms with Crippen LogP contribution in [0.25, 0.3) is 16.8 Å². The van der Waals surface area contributed by atoms with Crippen LogP contribution >= 0.6 is 0 Å². The van der Waals surface area contributed by atoms with Gasteiger partial charge in [-0.3, -0.25) is 4.79 Å². The molecule has 1 aromatic carbocycles. The molecule has 10 nitrogen and oxygen atoms in total. The van der Waals surface area contributed by atoms with Gasteiger partial charge in [0.05, 0.1) is 28.5 Å². The molecule has 3 aromatic heterocycles. The number of fused-ring (bicyclic) bond motifs is 9. The van der Waals surface area contributed by atoms with Gasteiger partial charge in [0.1, 0.15) is 17.9 Å². The molecule has 40 heavy (non-hydrogen) atoms. The van der Waals surface area contributed by atoms with E-state index in [-0.39, 0.29) is 35.6 Å². The van der Waals surface area contributed by atoms with Crippen LogP contribution in [0.1, 0.15) is 71.1 Å². The van der Waals surface area contributed by atoms with Crippen LogP contribution in [0.4, 0.5) is 8.78 Å². The minimum absolute atomic E-state index is 0.00521. The molecule has 7 rings (SSSR count). The predicted octanol–water partition coefficient (Wildman–Crippen LogP) is 3.40. The number of amides is 1. The van der Waals surface area contributed by atoms with Gasteiger partial charge in [0.25, 0.3) is 5.91 Å². The molecule has 2 atom stereocenters. The van der Waals surface area contributed by atoms with E-state index in [1.807, 2.05) is 13.0 Å². The van der Waals surface area contributed by atoms with Crippen molar-refractivity contribution in [2.24, 2.45) is 11.1 Å². The lowest BCUT2D eigenvalue weighted by Gasteiger charge is -2.50. The number of aliphatic hydroxyl groups excluding tert-OH is 1. The predicted molar refractivity (Wildman–Crippen MR) is 139 cm³/mol. The number of hydrogen-bond donors (Lipinski definition) is 2. The zero-order valence-corrected chi connectivity index (χ0v) is 21.9. The second kappa shape index (κ2) is 8.48. The first-order valence-corrected chi connectivity index (χ1v) is 13.1. The summed E-state index contributed by atoms with van der Waals surface area (Å²) in [5.41, 5.74) is 10.0. The van der Waals surface area contributed by atoms with Crippen molar-refractivity contribution in [3.63, 3.8) is 0 Å². The molecule has 0 spiro atoms. The first kappa shape index (κ1) is 25.0. The van der Waals surface area contributed by atoms with E-state index in [4.69, 9.17) is 15.6 Å². The van der Waals surface area contributed by atoms with Gasteiger partial charge >= 0.3 is 6.61 Å². The number of alkyl halides is 2. The summed E-state index contributed by atoms with van der Waals surface area (Å²) in [7, 11) is 1.71. The zero-order chi connectivity index (χ0) is 28.0. The van der Waals surface area contributed by atoms with Crippen LogP contribution in [0.3, 0.4) is 0 Å². The summed E-state index contributed by atoms with van der Waals surface area (Å²) in [5.74, 6) is -0.116. The molecule has 2 bridgehead atoms. The summed E-state index contributed by atoms with van der Waals surface area (Å²) in [6, 6.07) is 6.24. The second-order valence-corrected chi connectivity index (χ2v) is 11.5. The minimum Gasteiger partial charge on any atom is -0.434 e. The maximum Gasteiger partial charge on any atom is 0.387 e. The summed E-state index contributed by atoms with van der Waals surface area (Å²) in [4.78, 5) is 28.5. The fourth-order valence-corrected chi connectivity index (χ4v) is 6.89. The molecule has 4 heterocycles. The lowest BCUT2D eigenvalue weighted by molar-refractivity contribution is -0.0505. The van der Waals surface area contributed by atoms with Crippen molar-refractivity contribution in [2.45, 2.75) is 50.3 Å². The monoisotopic (exact) mass is 547 g/mol. The average molecular weight is 548 g/mol. The highest BCUT2D eigenvalue weighted by Gasteiger charge is 2.52. The van der Waals surface area contributed by atoms with Crippen molar-refractivity contribution in [3.8, 4) is 17.0 Å². The molecule has 4 aromatic rings. The number of ether oxygens (including phenoxy) is 1. The number of aliphatic hydroxyl groups is 1. The summed E-state index contributed by atoms with van der Waals surface area (Å²) in [5, 5.41) is 14.3. The third-order valence-corrected chi connectivity index (χ3v) is 8.62. The van der Waals surface area contributed by atoms with E-state index in [0.717, 1.165) is 11.1 Å². The molecule has 3 N–H and O–H groups in total. The number of benzene rings is 1. The van der Waals surface area contributed by atoms with E-state index >= 15 is 0 Å². The summed E-state index contributed by atoms with van der Waals surface area (Å²) < 4.78 is 33.2. The fourth-order valence-electron chi connectivity index (χ4n) is 6.89. The topological polar surface area (TPSA) is 132 Å². The van der Waals surface area contributed by atoms with Crippen LogP contribution in [0.15, 0.2) is 43.0 Å².